The zero-order chi connectivity index (χ0) is 34.2. The summed E-state index contributed by atoms with van der Waals surface area (Å²) in [4.78, 5) is 46.9. The highest BCUT2D eigenvalue weighted by Crippen LogP contribution is 2.36. The Morgan fingerprint density at radius 2 is 1.77 bits per heavy atom. The lowest BCUT2D eigenvalue weighted by Gasteiger charge is -2.30. The first-order valence-corrected chi connectivity index (χ1v) is 15.7. The zero-order valence-corrected chi connectivity index (χ0v) is 26.4. The number of alkyl halides is 3. The Morgan fingerprint density at radius 1 is 1.04 bits per heavy atom. The topological polar surface area (TPSA) is 150 Å². The molecule has 0 radical (unpaired) electrons. The lowest BCUT2D eigenvalue weighted by atomic mass is 9.95. The predicted octanol–water partition coefficient (Wildman–Crippen LogP) is 5.32. The molecular formula is C34H35F3N6O5. The highest BCUT2D eigenvalue weighted by Gasteiger charge is 2.33. The maximum atomic E-state index is 13.2. The number of halogens is 3. The molecule has 4 aromatic rings. The number of nitrogens with zero attached hydrogens (tertiary/aromatic N) is 3. The van der Waals surface area contributed by atoms with Gasteiger partial charge in [0.15, 0.2) is 11.5 Å². The quantitative estimate of drug-likeness (QED) is 0.184. The number of likely N-dealkylation sites (tertiary alicyclic amines) is 1. The Hall–Kier alpha value is -4.82. The summed E-state index contributed by atoms with van der Waals surface area (Å²) in [6.07, 6.45) is -2.34. The second-order valence-electron chi connectivity index (χ2n) is 12.7. The number of oxazole rings is 1. The molecule has 252 valence electrons. The van der Waals surface area contributed by atoms with Crippen molar-refractivity contribution in [1.82, 2.24) is 20.2 Å². The third kappa shape index (κ3) is 7.50. The van der Waals surface area contributed by atoms with Crippen molar-refractivity contribution in [2.75, 3.05) is 23.7 Å². The lowest BCUT2D eigenvalue weighted by molar-refractivity contribution is -0.141. The minimum absolute atomic E-state index is 0.0479. The van der Waals surface area contributed by atoms with Crippen LogP contribution < -0.4 is 16.0 Å². The van der Waals surface area contributed by atoms with Crippen LogP contribution in [-0.2, 0) is 27.9 Å². The number of fused-ring (bicyclic) bond motifs is 1. The van der Waals surface area contributed by atoms with E-state index in [0.29, 0.717) is 35.4 Å². The highest BCUT2D eigenvalue weighted by atomic mass is 19.4. The molecule has 1 atom stereocenters. The fourth-order valence-corrected chi connectivity index (χ4v) is 6.02. The summed E-state index contributed by atoms with van der Waals surface area (Å²) in [5, 5.41) is 19.0. The number of amides is 3. The Kier molecular flexibility index (Phi) is 8.96. The van der Waals surface area contributed by atoms with Gasteiger partial charge in [-0.15, -0.1) is 0 Å². The van der Waals surface area contributed by atoms with E-state index in [9.17, 15) is 32.7 Å². The molecule has 11 nitrogen and oxygen atoms in total. The average Bonchev–Trinajstić information content (AvgIpc) is 3.46. The van der Waals surface area contributed by atoms with Crippen LogP contribution in [0.5, 0.6) is 0 Å². The molecule has 6 rings (SSSR count). The van der Waals surface area contributed by atoms with Gasteiger partial charge in [-0.05, 0) is 82.1 Å². The van der Waals surface area contributed by atoms with Crippen LogP contribution in [0.2, 0.25) is 0 Å². The normalized spacial score (nSPS) is 18.2. The van der Waals surface area contributed by atoms with Crippen LogP contribution >= 0.6 is 0 Å². The third-order valence-corrected chi connectivity index (χ3v) is 8.60. The molecule has 3 amide bonds. The van der Waals surface area contributed by atoms with Crippen LogP contribution in [0.4, 0.5) is 24.5 Å². The first-order chi connectivity index (χ1) is 22.7. The Bertz CT molecular complexity index is 1840. The average molecular weight is 665 g/mol. The maximum absolute atomic E-state index is 13.2. The van der Waals surface area contributed by atoms with E-state index < -0.39 is 35.1 Å². The van der Waals surface area contributed by atoms with Gasteiger partial charge in [-0.1, -0.05) is 18.2 Å². The Morgan fingerprint density at radius 3 is 2.44 bits per heavy atom. The van der Waals surface area contributed by atoms with Crippen molar-refractivity contribution in [2.24, 2.45) is 0 Å². The maximum Gasteiger partial charge on any atom is 0.433 e. The smallest absolute Gasteiger partial charge is 0.433 e. The fourth-order valence-electron chi connectivity index (χ4n) is 6.02. The molecule has 0 aliphatic carbocycles. The van der Waals surface area contributed by atoms with Gasteiger partial charge in [0.05, 0.1) is 11.3 Å². The number of hydrogen-bond donors (Lipinski definition) is 4. The number of hydrogen-bond acceptors (Lipinski definition) is 9. The minimum atomic E-state index is -4.70. The molecule has 1 unspecified atom stereocenters. The number of rotatable bonds is 8. The first-order valence-electron chi connectivity index (χ1n) is 15.7. The van der Waals surface area contributed by atoms with Gasteiger partial charge in [0.2, 0.25) is 11.8 Å². The monoisotopic (exact) mass is 664 g/mol. The van der Waals surface area contributed by atoms with Gasteiger partial charge in [-0.25, -0.2) is 9.97 Å². The summed E-state index contributed by atoms with van der Waals surface area (Å²) >= 11 is 0. The predicted molar refractivity (Wildman–Crippen MR) is 170 cm³/mol. The van der Waals surface area contributed by atoms with Gasteiger partial charge in [-0.3, -0.25) is 24.6 Å². The molecule has 0 saturated carbocycles. The van der Waals surface area contributed by atoms with Gasteiger partial charge < -0.3 is 20.2 Å². The van der Waals surface area contributed by atoms with Crippen LogP contribution in [0.3, 0.4) is 0 Å². The first kappa shape index (κ1) is 33.1. The number of pyridine rings is 1. The van der Waals surface area contributed by atoms with Crippen molar-refractivity contribution in [3.63, 3.8) is 0 Å². The minimum Gasteiger partial charge on any atom is -0.440 e. The standard InChI is InChI=1S/C34H35F3N6O5/c1-33(2,47)22-16-26-27(17-25(22)40-30(45)23-4-3-5-28(39-23)34(35,36)37)48-32(41-26)20-12-14-43(15-13-20)18-19-6-8-21(9-7-19)38-24-10-11-29(44)42-31(24)46/h3-9,16-17,20,24,38,47H,10-15,18H2,1-2H3,(H,40,45)(H,42,44,46). The van der Waals surface area contributed by atoms with Crippen molar-refractivity contribution in [3.8, 4) is 0 Å². The number of imide groups is 1. The molecular weight excluding hydrogens is 629 g/mol. The lowest BCUT2D eigenvalue weighted by Crippen LogP contribution is -2.47. The molecule has 2 aromatic heterocycles. The fraction of sp³-hybridized carbons (Fsp3) is 0.382. The molecule has 2 aliphatic rings. The number of carbonyl (C=O) groups is 3. The number of aliphatic hydroxyl groups is 1. The molecule has 2 saturated heterocycles. The van der Waals surface area contributed by atoms with Crippen LogP contribution in [0.25, 0.3) is 11.1 Å². The van der Waals surface area contributed by atoms with Crippen molar-refractivity contribution < 1.29 is 37.1 Å². The van der Waals surface area contributed by atoms with Gasteiger partial charge in [0.25, 0.3) is 5.91 Å². The number of nitrogens with one attached hydrogen (secondary N) is 3. The van der Waals surface area contributed by atoms with E-state index in [1.165, 1.54) is 26.0 Å². The summed E-state index contributed by atoms with van der Waals surface area (Å²) in [6.45, 7) is 5.43. The van der Waals surface area contributed by atoms with Crippen LogP contribution in [-0.4, -0.2) is 56.8 Å². The van der Waals surface area contributed by atoms with Gasteiger partial charge in [-0.2, -0.15) is 13.2 Å². The number of benzene rings is 2. The zero-order valence-electron chi connectivity index (χ0n) is 26.4. The molecule has 2 aromatic carbocycles. The van der Waals surface area contributed by atoms with Gasteiger partial charge >= 0.3 is 6.18 Å². The van der Waals surface area contributed by atoms with Crippen LogP contribution in [0.1, 0.15) is 78.6 Å². The van der Waals surface area contributed by atoms with Crippen molar-refractivity contribution in [1.29, 1.82) is 0 Å². The molecule has 4 heterocycles. The summed E-state index contributed by atoms with van der Waals surface area (Å²) in [5.41, 5.74) is 0.279. The van der Waals surface area contributed by atoms with E-state index in [2.05, 4.69) is 25.8 Å². The van der Waals surface area contributed by atoms with E-state index >= 15 is 0 Å². The summed E-state index contributed by atoms with van der Waals surface area (Å²) in [6, 6.07) is 13.7. The molecule has 48 heavy (non-hydrogen) atoms. The number of anilines is 2. The Balaban J connectivity index is 1.10. The second-order valence-corrected chi connectivity index (χ2v) is 12.7. The van der Waals surface area contributed by atoms with Crippen molar-refractivity contribution in [3.05, 3.63) is 83.0 Å². The van der Waals surface area contributed by atoms with Crippen LogP contribution in [0.15, 0.2) is 59.0 Å². The van der Waals surface area contributed by atoms with Crippen molar-refractivity contribution in [2.45, 2.75) is 69.8 Å². The number of piperidine rings is 2. The summed E-state index contributed by atoms with van der Waals surface area (Å²) < 4.78 is 45.6. The summed E-state index contributed by atoms with van der Waals surface area (Å²) in [5.74, 6) is -0.836. The molecule has 4 N–H and O–H groups in total. The molecule has 14 heteroatoms. The van der Waals surface area contributed by atoms with Crippen LogP contribution in [0, 0.1) is 0 Å². The van der Waals surface area contributed by atoms with Gasteiger partial charge in [0.1, 0.15) is 22.9 Å². The van der Waals surface area contributed by atoms with Gasteiger partial charge in [0, 0.05) is 36.2 Å². The molecule has 0 spiro atoms. The van der Waals surface area contributed by atoms with Crippen molar-refractivity contribution >= 4 is 40.2 Å². The van der Waals surface area contributed by atoms with E-state index in [1.807, 2.05) is 24.3 Å². The Labute approximate surface area is 273 Å². The molecule has 2 fully saturated rings. The highest BCUT2D eigenvalue weighted by molar-refractivity contribution is 6.04. The van der Waals surface area contributed by atoms with E-state index in [0.717, 1.165) is 55.9 Å². The third-order valence-electron chi connectivity index (χ3n) is 8.60. The number of carbonyl (C=O) groups excluding carboxylic acids is 3. The molecule has 2 aliphatic heterocycles. The number of aromatic nitrogens is 2. The second kappa shape index (κ2) is 13.0. The van der Waals surface area contributed by atoms with E-state index in [4.69, 9.17) is 9.40 Å². The molecule has 0 bridgehead atoms. The SMILES string of the molecule is CC(C)(O)c1cc2nc(C3CCN(Cc4ccc(NC5CCC(=O)NC5=O)cc4)CC3)oc2cc1NC(=O)c1cccc(C(F)(F)F)n1. The summed E-state index contributed by atoms with van der Waals surface area (Å²) in [7, 11) is 0. The van der Waals surface area contributed by atoms with E-state index in [-0.39, 0.29) is 23.4 Å². The van der Waals surface area contributed by atoms with E-state index in [1.54, 1.807) is 6.07 Å². The largest absolute Gasteiger partial charge is 0.440 e.